The summed E-state index contributed by atoms with van der Waals surface area (Å²) in [5, 5.41) is 9.69. The van der Waals surface area contributed by atoms with Gasteiger partial charge < -0.3 is 10.6 Å². The monoisotopic (exact) mass is 440 g/mol. The zero-order chi connectivity index (χ0) is 22.6. The lowest BCUT2D eigenvalue weighted by atomic mass is 9.64. The average Bonchev–Trinajstić information content (AvgIpc) is 3.19. The molecule has 2 heterocycles. The van der Waals surface area contributed by atoms with Crippen molar-refractivity contribution < 1.29 is 9.53 Å². The summed E-state index contributed by atoms with van der Waals surface area (Å²) in [6.07, 6.45) is 13.9. The van der Waals surface area contributed by atoms with Gasteiger partial charge in [0.05, 0.1) is 12.1 Å². The van der Waals surface area contributed by atoms with E-state index in [-0.39, 0.29) is 23.2 Å². The second-order valence-corrected chi connectivity index (χ2v) is 10.1. The molecule has 1 aromatic heterocycles. The number of ketones is 1. The number of carbonyl (C=O) groups excluding carboxylic acids is 1. The van der Waals surface area contributed by atoms with E-state index in [4.69, 9.17) is 10.6 Å². The van der Waals surface area contributed by atoms with Gasteiger partial charge >= 0.3 is 0 Å². The second-order valence-electron chi connectivity index (χ2n) is 10.1. The number of nitrogens with zero attached hydrogens (tertiary/aromatic N) is 3. The molecule has 0 radical (unpaired) electrons. The number of ether oxygens (including phenoxy) is 1. The zero-order valence-corrected chi connectivity index (χ0v) is 18.8. The Balaban J connectivity index is 1.31. The number of fused-ring (bicyclic) bond motifs is 4. The van der Waals surface area contributed by atoms with Crippen molar-refractivity contribution in [3.63, 3.8) is 0 Å². The minimum Gasteiger partial charge on any atom is -0.489 e. The summed E-state index contributed by atoms with van der Waals surface area (Å²) in [4.78, 5) is 17.0. The fourth-order valence-electron chi connectivity index (χ4n) is 6.53. The Labute approximate surface area is 193 Å². The van der Waals surface area contributed by atoms with E-state index in [9.17, 15) is 4.79 Å². The van der Waals surface area contributed by atoms with Crippen LogP contribution >= 0.6 is 0 Å². The SMILES string of the molecule is C[C@]12C=CC3=CC4=C(CC(CN=NN)CC4=O)O[C@H]3[C@@H]1CC[C@@H]2c1ccc2cnccc2c1. The van der Waals surface area contributed by atoms with Gasteiger partial charge in [-0.25, -0.2) is 0 Å². The van der Waals surface area contributed by atoms with Gasteiger partial charge in [0.25, 0.3) is 0 Å². The molecule has 168 valence electrons. The van der Waals surface area contributed by atoms with Crippen LogP contribution in [0.25, 0.3) is 10.8 Å². The minimum atomic E-state index is -0.00362. The third kappa shape index (κ3) is 3.23. The molecule has 0 spiro atoms. The summed E-state index contributed by atoms with van der Waals surface area (Å²) in [7, 11) is 0. The van der Waals surface area contributed by atoms with E-state index in [1.165, 1.54) is 16.3 Å². The molecule has 2 N–H and O–H groups in total. The summed E-state index contributed by atoms with van der Waals surface area (Å²) in [5.41, 5.74) is 3.27. The molecule has 2 aromatic rings. The van der Waals surface area contributed by atoms with Crippen molar-refractivity contribution in [3.05, 3.63) is 77.4 Å². The van der Waals surface area contributed by atoms with E-state index < -0.39 is 0 Å². The molecule has 1 unspecified atom stereocenters. The van der Waals surface area contributed by atoms with E-state index in [2.05, 4.69) is 64.7 Å². The van der Waals surface area contributed by atoms with Crippen molar-refractivity contribution in [3.8, 4) is 0 Å². The summed E-state index contributed by atoms with van der Waals surface area (Å²) < 4.78 is 6.64. The number of carbonyl (C=O) groups is 1. The molecule has 1 saturated carbocycles. The van der Waals surface area contributed by atoms with Gasteiger partial charge in [-0.15, -0.1) is 0 Å². The van der Waals surface area contributed by atoms with Crippen molar-refractivity contribution >= 4 is 16.6 Å². The van der Waals surface area contributed by atoms with E-state index in [1.807, 2.05) is 12.4 Å². The van der Waals surface area contributed by atoms with E-state index >= 15 is 0 Å². The number of hydrogen-bond donors (Lipinski definition) is 1. The Kier molecular flexibility index (Phi) is 4.71. The summed E-state index contributed by atoms with van der Waals surface area (Å²) in [6, 6.07) is 8.87. The Bertz CT molecular complexity index is 1260. The third-order valence-electron chi connectivity index (χ3n) is 8.26. The average molecular weight is 441 g/mol. The van der Waals surface area contributed by atoms with Gasteiger partial charge in [0.1, 0.15) is 11.9 Å². The molecule has 0 bridgehead atoms. The number of nitrogens with two attached hydrogens (primary N) is 1. The van der Waals surface area contributed by atoms with Crippen LogP contribution in [0.3, 0.4) is 0 Å². The second kappa shape index (κ2) is 7.65. The first kappa shape index (κ1) is 20.3. The van der Waals surface area contributed by atoms with E-state index in [0.717, 1.165) is 36.2 Å². The van der Waals surface area contributed by atoms with Crippen LogP contribution in [0.15, 0.2) is 82.1 Å². The Hall–Kier alpha value is -3.28. The Morgan fingerprint density at radius 2 is 2.12 bits per heavy atom. The Morgan fingerprint density at radius 3 is 3.00 bits per heavy atom. The molecule has 33 heavy (non-hydrogen) atoms. The quantitative estimate of drug-likeness (QED) is 0.404. The lowest BCUT2D eigenvalue weighted by Crippen LogP contribution is -2.41. The van der Waals surface area contributed by atoms with Crippen molar-refractivity contribution in [2.75, 3.05) is 6.54 Å². The zero-order valence-electron chi connectivity index (χ0n) is 18.8. The first-order valence-corrected chi connectivity index (χ1v) is 11.8. The van der Waals surface area contributed by atoms with Gasteiger partial charge in [-0.3, -0.25) is 9.78 Å². The topological polar surface area (TPSA) is 89.9 Å². The highest BCUT2D eigenvalue weighted by molar-refractivity contribution is 6.00. The molecule has 4 aliphatic rings. The van der Waals surface area contributed by atoms with Crippen LogP contribution < -0.4 is 5.84 Å². The van der Waals surface area contributed by atoms with Crippen molar-refractivity contribution in [2.24, 2.45) is 33.4 Å². The number of benzene rings is 1. The molecule has 0 amide bonds. The van der Waals surface area contributed by atoms with Crippen LogP contribution in [-0.4, -0.2) is 23.4 Å². The van der Waals surface area contributed by atoms with Gasteiger partial charge in [0, 0.05) is 36.5 Å². The maximum absolute atomic E-state index is 12.8. The lowest BCUT2D eigenvalue weighted by molar-refractivity contribution is -0.117. The highest BCUT2D eigenvalue weighted by Gasteiger charge is 2.53. The largest absolute Gasteiger partial charge is 0.489 e. The highest BCUT2D eigenvalue weighted by Crippen LogP contribution is 2.59. The van der Waals surface area contributed by atoms with Crippen molar-refractivity contribution in [1.29, 1.82) is 0 Å². The molecular weight excluding hydrogens is 412 g/mol. The van der Waals surface area contributed by atoms with Crippen molar-refractivity contribution in [1.82, 2.24) is 4.98 Å². The molecule has 6 nitrogen and oxygen atoms in total. The van der Waals surface area contributed by atoms with Gasteiger partial charge in [0.15, 0.2) is 5.78 Å². The molecule has 6 rings (SSSR count). The summed E-state index contributed by atoms with van der Waals surface area (Å²) in [5.74, 6) is 7.05. The standard InChI is InChI=1S/C27H28N4O2/c1-27-8-6-19-13-21-24(32)10-16(14-30-31-28)11-25(21)33-26(19)23(27)5-4-22(27)18-2-3-20-15-29-9-7-17(20)12-18/h2-3,6-9,12-13,15-16,22-23,26H,4-5,10-11,14H2,1H3,(H2,28,30)/t16?,22-,23+,26-,27-/m1/s1. The number of rotatable bonds is 3. The first-order chi connectivity index (χ1) is 16.1. The van der Waals surface area contributed by atoms with Crippen LogP contribution in [0, 0.1) is 17.3 Å². The fraction of sp³-hybridized carbons (Fsp3) is 0.407. The summed E-state index contributed by atoms with van der Waals surface area (Å²) in [6.45, 7) is 2.84. The van der Waals surface area contributed by atoms with Gasteiger partial charge in [-0.2, -0.15) is 5.11 Å². The summed E-state index contributed by atoms with van der Waals surface area (Å²) >= 11 is 0. The predicted octanol–water partition coefficient (Wildman–Crippen LogP) is 5.19. The molecule has 1 aliphatic heterocycles. The molecule has 5 atom stereocenters. The predicted molar refractivity (Wildman–Crippen MR) is 126 cm³/mol. The normalized spacial score (nSPS) is 33.0. The van der Waals surface area contributed by atoms with E-state index in [1.54, 1.807) is 0 Å². The molecule has 3 aliphatic carbocycles. The molecule has 0 saturated heterocycles. The van der Waals surface area contributed by atoms with Crippen LogP contribution in [-0.2, 0) is 9.53 Å². The molecule has 1 fully saturated rings. The smallest absolute Gasteiger partial charge is 0.166 e. The fourth-order valence-corrected chi connectivity index (χ4v) is 6.53. The van der Waals surface area contributed by atoms with E-state index in [0.29, 0.717) is 24.8 Å². The van der Waals surface area contributed by atoms with Gasteiger partial charge in [-0.05, 0) is 58.8 Å². The van der Waals surface area contributed by atoms with Crippen molar-refractivity contribution in [2.45, 2.75) is 44.6 Å². The maximum atomic E-state index is 12.8. The lowest BCUT2D eigenvalue weighted by Gasteiger charge is -2.45. The number of pyridine rings is 1. The minimum absolute atomic E-state index is 0.00362. The highest BCUT2D eigenvalue weighted by atomic mass is 16.5. The van der Waals surface area contributed by atoms with Crippen LogP contribution in [0.4, 0.5) is 0 Å². The number of aromatic nitrogens is 1. The number of hydrogen-bond acceptors (Lipinski definition) is 5. The van der Waals surface area contributed by atoms with Crippen LogP contribution in [0.5, 0.6) is 0 Å². The number of allylic oxidation sites excluding steroid dienone is 4. The van der Waals surface area contributed by atoms with Gasteiger partial charge in [0.2, 0.25) is 0 Å². The maximum Gasteiger partial charge on any atom is 0.166 e. The Morgan fingerprint density at radius 1 is 1.21 bits per heavy atom. The first-order valence-electron chi connectivity index (χ1n) is 11.8. The van der Waals surface area contributed by atoms with Crippen LogP contribution in [0.2, 0.25) is 0 Å². The molecule has 6 heteroatoms. The third-order valence-corrected chi connectivity index (χ3v) is 8.26. The van der Waals surface area contributed by atoms with Gasteiger partial charge in [-0.1, -0.05) is 42.5 Å². The molecular formula is C27H28N4O2. The van der Waals surface area contributed by atoms with Crippen LogP contribution in [0.1, 0.15) is 44.1 Å². The number of Topliss-reactive ketones (excluding diaryl/α,β-unsaturated/α-hetero) is 1. The molecule has 1 aromatic carbocycles.